The number of nitrogens with two attached hydrogens (primary N) is 1. The fourth-order valence-electron chi connectivity index (χ4n) is 1.63. The molecule has 0 aliphatic carbocycles. The Morgan fingerprint density at radius 1 is 1.28 bits per heavy atom. The SMILES string of the molecule is CCCc1nc(N)cc(Nc2cccc(Cl)c2)n1. The van der Waals surface area contributed by atoms with Crippen molar-refractivity contribution < 1.29 is 0 Å². The van der Waals surface area contributed by atoms with Gasteiger partial charge in [0, 0.05) is 23.2 Å². The van der Waals surface area contributed by atoms with E-state index in [9.17, 15) is 0 Å². The Bertz CT molecular complexity index is 542. The molecule has 0 atom stereocenters. The quantitative estimate of drug-likeness (QED) is 0.886. The van der Waals surface area contributed by atoms with Gasteiger partial charge in [-0.1, -0.05) is 24.6 Å². The summed E-state index contributed by atoms with van der Waals surface area (Å²) in [5.74, 6) is 1.91. The summed E-state index contributed by atoms with van der Waals surface area (Å²) in [6, 6.07) is 9.16. The maximum atomic E-state index is 5.93. The molecule has 1 aromatic carbocycles. The molecule has 0 spiro atoms. The number of anilines is 3. The van der Waals surface area contributed by atoms with Gasteiger partial charge in [0.1, 0.15) is 17.5 Å². The normalized spacial score (nSPS) is 10.3. The first-order valence-corrected chi connectivity index (χ1v) is 6.21. The summed E-state index contributed by atoms with van der Waals surface area (Å²) in [6.45, 7) is 2.08. The Kier molecular flexibility index (Phi) is 3.99. The molecule has 0 amide bonds. The minimum atomic E-state index is 0.470. The lowest BCUT2D eigenvalue weighted by atomic mass is 10.3. The van der Waals surface area contributed by atoms with E-state index in [4.69, 9.17) is 17.3 Å². The molecule has 2 rings (SSSR count). The van der Waals surface area contributed by atoms with Crippen LogP contribution in [-0.2, 0) is 6.42 Å². The van der Waals surface area contributed by atoms with Crippen molar-refractivity contribution >= 4 is 28.9 Å². The maximum Gasteiger partial charge on any atom is 0.136 e. The van der Waals surface area contributed by atoms with Crippen molar-refractivity contribution in [2.24, 2.45) is 0 Å². The van der Waals surface area contributed by atoms with Crippen molar-refractivity contribution in [2.45, 2.75) is 19.8 Å². The van der Waals surface area contributed by atoms with Gasteiger partial charge in [0.2, 0.25) is 0 Å². The Morgan fingerprint density at radius 3 is 2.83 bits per heavy atom. The van der Waals surface area contributed by atoms with E-state index in [1.807, 2.05) is 24.3 Å². The number of rotatable bonds is 4. The highest BCUT2D eigenvalue weighted by Crippen LogP contribution is 2.20. The molecule has 94 valence electrons. The lowest BCUT2D eigenvalue weighted by Gasteiger charge is -2.08. The molecular formula is C13H15ClN4. The van der Waals surface area contributed by atoms with E-state index in [1.54, 1.807) is 6.07 Å². The summed E-state index contributed by atoms with van der Waals surface area (Å²) in [5, 5.41) is 3.85. The first kappa shape index (κ1) is 12.6. The van der Waals surface area contributed by atoms with Gasteiger partial charge >= 0.3 is 0 Å². The Labute approximate surface area is 111 Å². The highest BCUT2D eigenvalue weighted by Gasteiger charge is 2.03. The van der Waals surface area contributed by atoms with Crippen molar-refractivity contribution in [1.82, 2.24) is 9.97 Å². The second-order valence-electron chi connectivity index (χ2n) is 3.98. The summed E-state index contributed by atoms with van der Waals surface area (Å²) in [4.78, 5) is 8.59. The molecule has 0 aliphatic heterocycles. The van der Waals surface area contributed by atoms with Crippen LogP contribution in [0, 0.1) is 0 Å². The van der Waals surface area contributed by atoms with Gasteiger partial charge in [-0.05, 0) is 24.6 Å². The fourth-order valence-corrected chi connectivity index (χ4v) is 1.82. The van der Waals surface area contributed by atoms with E-state index >= 15 is 0 Å². The predicted molar refractivity (Wildman–Crippen MR) is 75.2 cm³/mol. The maximum absolute atomic E-state index is 5.93. The summed E-state index contributed by atoms with van der Waals surface area (Å²) in [5.41, 5.74) is 6.63. The van der Waals surface area contributed by atoms with Crippen LogP contribution in [0.3, 0.4) is 0 Å². The number of halogens is 1. The molecule has 1 heterocycles. The number of nitrogens with zero attached hydrogens (tertiary/aromatic N) is 2. The third-order valence-electron chi connectivity index (χ3n) is 2.36. The minimum absolute atomic E-state index is 0.470. The topological polar surface area (TPSA) is 63.8 Å². The van der Waals surface area contributed by atoms with Crippen LogP contribution in [0.15, 0.2) is 30.3 Å². The second-order valence-corrected chi connectivity index (χ2v) is 4.42. The van der Waals surface area contributed by atoms with E-state index in [0.717, 1.165) is 24.4 Å². The number of hydrogen-bond donors (Lipinski definition) is 2. The molecular weight excluding hydrogens is 248 g/mol. The predicted octanol–water partition coefficient (Wildman–Crippen LogP) is 3.41. The molecule has 0 unspecified atom stereocenters. The van der Waals surface area contributed by atoms with Gasteiger partial charge in [-0.2, -0.15) is 0 Å². The van der Waals surface area contributed by atoms with Gasteiger partial charge in [-0.15, -0.1) is 0 Å². The van der Waals surface area contributed by atoms with Crippen molar-refractivity contribution in [2.75, 3.05) is 11.1 Å². The molecule has 0 aliphatic rings. The molecule has 0 radical (unpaired) electrons. The van der Waals surface area contributed by atoms with Crippen molar-refractivity contribution in [1.29, 1.82) is 0 Å². The summed E-state index contributed by atoms with van der Waals surface area (Å²) in [7, 11) is 0. The monoisotopic (exact) mass is 262 g/mol. The third-order valence-corrected chi connectivity index (χ3v) is 2.60. The fraction of sp³-hybridized carbons (Fsp3) is 0.231. The van der Waals surface area contributed by atoms with Crippen LogP contribution in [0.1, 0.15) is 19.2 Å². The highest BCUT2D eigenvalue weighted by atomic mass is 35.5. The molecule has 0 saturated heterocycles. The third kappa shape index (κ3) is 3.34. The minimum Gasteiger partial charge on any atom is -0.384 e. The van der Waals surface area contributed by atoms with Gasteiger partial charge in [-0.3, -0.25) is 0 Å². The smallest absolute Gasteiger partial charge is 0.136 e. The van der Waals surface area contributed by atoms with Crippen LogP contribution in [-0.4, -0.2) is 9.97 Å². The van der Waals surface area contributed by atoms with Crippen molar-refractivity contribution in [3.63, 3.8) is 0 Å². The van der Waals surface area contributed by atoms with Crippen LogP contribution in [0.5, 0.6) is 0 Å². The first-order valence-electron chi connectivity index (χ1n) is 5.83. The van der Waals surface area contributed by atoms with Crippen LogP contribution < -0.4 is 11.1 Å². The van der Waals surface area contributed by atoms with Gasteiger partial charge in [0.15, 0.2) is 0 Å². The van der Waals surface area contributed by atoms with Crippen LogP contribution in [0.2, 0.25) is 5.02 Å². The van der Waals surface area contributed by atoms with E-state index in [0.29, 0.717) is 16.7 Å². The molecule has 0 fully saturated rings. The molecule has 0 bridgehead atoms. The van der Waals surface area contributed by atoms with E-state index in [1.165, 1.54) is 0 Å². The number of aryl methyl sites for hydroxylation is 1. The molecule has 2 aromatic rings. The van der Waals surface area contributed by atoms with Gasteiger partial charge < -0.3 is 11.1 Å². The van der Waals surface area contributed by atoms with E-state index < -0.39 is 0 Å². The van der Waals surface area contributed by atoms with E-state index in [-0.39, 0.29) is 0 Å². The zero-order chi connectivity index (χ0) is 13.0. The summed E-state index contributed by atoms with van der Waals surface area (Å²) in [6.07, 6.45) is 1.80. The van der Waals surface area contributed by atoms with Crippen molar-refractivity contribution in [3.8, 4) is 0 Å². The summed E-state index contributed by atoms with van der Waals surface area (Å²) >= 11 is 5.93. The Morgan fingerprint density at radius 2 is 2.11 bits per heavy atom. The lowest BCUT2D eigenvalue weighted by molar-refractivity contribution is 0.839. The number of aromatic nitrogens is 2. The van der Waals surface area contributed by atoms with E-state index in [2.05, 4.69) is 22.2 Å². The molecule has 4 nitrogen and oxygen atoms in total. The molecule has 5 heteroatoms. The van der Waals surface area contributed by atoms with Crippen LogP contribution in [0.25, 0.3) is 0 Å². The largest absolute Gasteiger partial charge is 0.384 e. The average Bonchev–Trinajstić information content (AvgIpc) is 2.28. The lowest BCUT2D eigenvalue weighted by Crippen LogP contribution is -2.03. The molecule has 18 heavy (non-hydrogen) atoms. The Hall–Kier alpha value is -1.81. The molecule has 0 saturated carbocycles. The standard InChI is InChI=1S/C13H15ClN4/c1-2-4-12-17-11(15)8-13(18-12)16-10-6-3-5-9(14)7-10/h3,5-8H,2,4H2,1H3,(H3,15,16,17,18). The zero-order valence-electron chi connectivity index (χ0n) is 10.2. The number of benzene rings is 1. The Balaban J connectivity index is 2.23. The number of nitrogen functional groups attached to an aromatic ring is 1. The molecule has 3 N–H and O–H groups in total. The second kappa shape index (κ2) is 5.69. The van der Waals surface area contributed by atoms with Crippen molar-refractivity contribution in [3.05, 3.63) is 41.2 Å². The number of hydrogen-bond acceptors (Lipinski definition) is 4. The average molecular weight is 263 g/mol. The van der Waals surface area contributed by atoms with Crippen LogP contribution >= 0.6 is 11.6 Å². The number of nitrogens with one attached hydrogen (secondary N) is 1. The van der Waals surface area contributed by atoms with Gasteiger partial charge in [-0.25, -0.2) is 9.97 Å². The van der Waals surface area contributed by atoms with Crippen LogP contribution in [0.4, 0.5) is 17.3 Å². The van der Waals surface area contributed by atoms with Gasteiger partial charge in [0.25, 0.3) is 0 Å². The highest BCUT2D eigenvalue weighted by molar-refractivity contribution is 6.30. The molecule has 1 aromatic heterocycles. The van der Waals surface area contributed by atoms with Gasteiger partial charge in [0.05, 0.1) is 0 Å². The summed E-state index contributed by atoms with van der Waals surface area (Å²) < 4.78 is 0. The first-order chi connectivity index (χ1) is 8.67. The zero-order valence-corrected chi connectivity index (χ0v) is 10.9.